The molecule has 1 N–H and O–H groups in total. The Hall–Kier alpha value is -2.17. The fourth-order valence-electron chi connectivity index (χ4n) is 4.09. The van der Waals surface area contributed by atoms with Gasteiger partial charge in [-0.2, -0.15) is 0 Å². The Labute approximate surface area is 169 Å². The van der Waals surface area contributed by atoms with Crippen LogP contribution in [0.25, 0.3) is 0 Å². The number of nitrogens with zero attached hydrogens (tertiary/aromatic N) is 2. The van der Waals surface area contributed by atoms with Gasteiger partial charge in [-0.05, 0) is 62.3 Å². The van der Waals surface area contributed by atoms with Crippen molar-refractivity contribution in [2.24, 2.45) is 0 Å². The van der Waals surface area contributed by atoms with E-state index < -0.39 is 0 Å². The smallest absolute Gasteiger partial charge is 0.246 e. The van der Waals surface area contributed by atoms with Crippen LogP contribution in [-0.4, -0.2) is 41.9 Å². The predicted octanol–water partition coefficient (Wildman–Crippen LogP) is 4.69. The summed E-state index contributed by atoms with van der Waals surface area (Å²) in [6.07, 6.45) is 3.93. The van der Waals surface area contributed by atoms with Crippen molar-refractivity contribution in [2.45, 2.75) is 45.7 Å². The summed E-state index contributed by atoms with van der Waals surface area (Å²) >= 11 is 0. The van der Waals surface area contributed by atoms with Gasteiger partial charge in [-0.3, -0.25) is 14.6 Å². The van der Waals surface area contributed by atoms with E-state index in [4.69, 9.17) is 0 Å². The quantitative estimate of drug-likeness (QED) is 0.722. The predicted molar refractivity (Wildman–Crippen MR) is 116 cm³/mol. The van der Waals surface area contributed by atoms with Crippen molar-refractivity contribution in [3.63, 3.8) is 0 Å². The van der Waals surface area contributed by atoms with E-state index in [-0.39, 0.29) is 11.9 Å². The van der Waals surface area contributed by atoms with E-state index in [1.54, 1.807) is 0 Å². The first-order valence-electron chi connectivity index (χ1n) is 10.6. The van der Waals surface area contributed by atoms with Crippen molar-refractivity contribution in [2.75, 3.05) is 31.5 Å². The molecule has 150 valence electrons. The van der Waals surface area contributed by atoms with Crippen molar-refractivity contribution in [3.05, 3.63) is 65.7 Å². The lowest BCUT2D eigenvalue weighted by molar-refractivity contribution is -0.121. The van der Waals surface area contributed by atoms with E-state index >= 15 is 0 Å². The molecule has 4 nitrogen and oxygen atoms in total. The molecule has 1 aliphatic heterocycles. The van der Waals surface area contributed by atoms with Gasteiger partial charge >= 0.3 is 0 Å². The number of likely N-dealkylation sites (tertiary alicyclic amines) is 1. The minimum atomic E-state index is -0.276. The van der Waals surface area contributed by atoms with Gasteiger partial charge in [-0.15, -0.1) is 0 Å². The molecule has 1 amide bonds. The highest BCUT2D eigenvalue weighted by Gasteiger charge is 2.25. The summed E-state index contributed by atoms with van der Waals surface area (Å²) in [6, 6.07) is 18.1. The minimum absolute atomic E-state index is 0.0324. The summed E-state index contributed by atoms with van der Waals surface area (Å²) in [5.74, 6) is 0.0324. The van der Waals surface area contributed by atoms with Crippen LogP contribution in [0.2, 0.25) is 0 Å². The van der Waals surface area contributed by atoms with Gasteiger partial charge in [-0.1, -0.05) is 62.7 Å². The number of anilines is 1. The van der Waals surface area contributed by atoms with E-state index in [0.29, 0.717) is 0 Å². The Morgan fingerprint density at radius 2 is 1.71 bits per heavy atom. The second kappa shape index (κ2) is 10.4. The summed E-state index contributed by atoms with van der Waals surface area (Å²) in [5, 5.41) is 3.17. The van der Waals surface area contributed by atoms with Crippen LogP contribution in [0.1, 0.15) is 50.3 Å². The van der Waals surface area contributed by atoms with Crippen molar-refractivity contribution < 1.29 is 4.79 Å². The third-order valence-corrected chi connectivity index (χ3v) is 5.59. The maximum atomic E-state index is 13.2. The van der Waals surface area contributed by atoms with Gasteiger partial charge in [0, 0.05) is 12.2 Å². The molecule has 1 heterocycles. The van der Waals surface area contributed by atoms with E-state index in [0.717, 1.165) is 30.9 Å². The second-order valence-corrected chi connectivity index (χ2v) is 7.56. The monoisotopic (exact) mass is 379 g/mol. The van der Waals surface area contributed by atoms with Gasteiger partial charge < -0.3 is 5.32 Å². The van der Waals surface area contributed by atoms with E-state index in [9.17, 15) is 4.79 Å². The number of nitrogens with one attached hydrogen (secondary N) is 1. The third-order valence-electron chi connectivity index (χ3n) is 5.59. The van der Waals surface area contributed by atoms with Crippen molar-refractivity contribution >= 4 is 11.6 Å². The van der Waals surface area contributed by atoms with Crippen LogP contribution in [0.3, 0.4) is 0 Å². The van der Waals surface area contributed by atoms with E-state index in [1.165, 1.54) is 37.9 Å². The Kier molecular flexibility index (Phi) is 7.63. The summed E-state index contributed by atoms with van der Waals surface area (Å²) < 4.78 is 0. The zero-order valence-electron chi connectivity index (χ0n) is 17.2. The lowest BCUT2D eigenvalue weighted by atomic mass is 10.0. The van der Waals surface area contributed by atoms with Gasteiger partial charge in [0.25, 0.3) is 0 Å². The Morgan fingerprint density at radius 1 is 1.00 bits per heavy atom. The molecule has 0 spiro atoms. The lowest BCUT2D eigenvalue weighted by Gasteiger charge is -2.29. The lowest BCUT2D eigenvalue weighted by Crippen LogP contribution is -2.37. The molecule has 0 aliphatic carbocycles. The number of carbonyl (C=O) groups is 1. The van der Waals surface area contributed by atoms with Gasteiger partial charge in [-0.25, -0.2) is 0 Å². The Balaban J connectivity index is 1.73. The molecule has 3 rings (SSSR count). The molecule has 1 fully saturated rings. The zero-order valence-corrected chi connectivity index (χ0v) is 17.2. The molecule has 0 aromatic heterocycles. The Bertz CT molecular complexity index is 737. The summed E-state index contributed by atoms with van der Waals surface area (Å²) in [7, 11) is 0. The number of likely N-dealkylation sites (N-methyl/N-ethyl adjacent to an activating group) is 1. The third kappa shape index (κ3) is 5.43. The highest BCUT2D eigenvalue weighted by atomic mass is 16.2. The van der Waals surface area contributed by atoms with Gasteiger partial charge in [0.2, 0.25) is 5.91 Å². The number of amides is 1. The molecule has 4 heteroatoms. The maximum absolute atomic E-state index is 13.2. The van der Waals surface area contributed by atoms with Crippen LogP contribution in [0.4, 0.5) is 5.69 Å². The highest BCUT2D eigenvalue weighted by Crippen LogP contribution is 2.23. The van der Waals surface area contributed by atoms with E-state index in [1.807, 2.05) is 42.5 Å². The number of benzene rings is 2. The van der Waals surface area contributed by atoms with Gasteiger partial charge in [0.1, 0.15) is 6.04 Å². The largest absolute Gasteiger partial charge is 0.324 e. The zero-order chi connectivity index (χ0) is 19.8. The SMILES string of the molecule is CCN(CC)C(C(=O)Nc1cccc(CN2CCCCC2)c1)c1ccccc1. The standard InChI is InChI=1S/C24H33N3O/c1-3-27(4-2)23(21-13-7-5-8-14-21)24(28)25-22-15-11-12-20(18-22)19-26-16-9-6-10-17-26/h5,7-8,11-15,18,23H,3-4,6,9-10,16-17,19H2,1-2H3,(H,25,28). The van der Waals surface area contributed by atoms with Crippen LogP contribution in [0, 0.1) is 0 Å². The van der Waals surface area contributed by atoms with Crippen molar-refractivity contribution in [1.82, 2.24) is 9.80 Å². The van der Waals surface area contributed by atoms with Crippen LogP contribution in [-0.2, 0) is 11.3 Å². The molecule has 0 saturated carbocycles. The summed E-state index contributed by atoms with van der Waals surface area (Å²) in [5.41, 5.74) is 3.18. The van der Waals surface area contributed by atoms with Crippen molar-refractivity contribution in [1.29, 1.82) is 0 Å². The molecule has 1 atom stereocenters. The average molecular weight is 380 g/mol. The van der Waals surface area contributed by atoms with Crippen LogP contribution < -0.4 is 5.32 Å². The van der Waals surface area contributed by atoms with E-state index in [2.05, 4.69) is 41.1 Å². The molecule has 1 aliphatic rings. The second-order valence-electron chi connectivity index (χ2n) is 7.56. The Morgan fingerprint density at radius 3 is 2.39 bits per heavy atom. The molecule has 1 unspecified atom stereocenters. The number of piperidine rings is 1. The van der Waals surface area contributed by atoms with Crippen molar-refractivity contribution in [3.8, 4) is 0 Å². The fraction of sp³-hybridized carbons (Fsp3) is 0.458. The van der Waals surface area contributed by atoms with Gasteiger partial charge in [0.05, 0.1) is 0 Å². The molecule has 0 bridgehead atoms. The molecule has 2 aromatic rings. The normalized spacial score (nSPS) is 16.1. The molecular weight excluding hydrogens is 346 g/mol. The molecular formula is C24H33N3O. The summed E-state index contributed by atoms with van der Waals surface area (Å²) in [4.78, 5) is 17.9. The number of carbonyl (C=O) groups excluding carboxylic acids is 1. The first-order chi connectivity index (χ1) is 13.7. The van der Waals surface area contributed by atoms with Gasteiger partial charge in [0.15, 0.2) is 0 Å². The minimum Gasteiger partial charge on any atom is -0.324 e. The first kappa shape index (κ1) is 20.6. The number of hydrogen-bond donors (Lipinski definition) is 1. The highest BCUT2D eigenvalue weighted by molar-refractivity contribution is 5.95. The van der Waals surface area contributed by atoms with Crippen LogP contribution in [0.15, 0.2) is 54.6 Å². The topological polar surface area (TPSA) is 35.6 Å². The molecule has 2 aromatic carbocycles. The fourth-order valence-corrected chi connectivity index (χ4v) is 4.09. The number of hydrogen-bond acceptors (Lipinski definition) is 3. The molecule has 28 heavy (non-hydrogen) atoms. The number of rotatable bonds is 8. The van der Waals surface area contributed by atoms with Crippen LogP contribution >= 0.6 is 0 Å². The molecule has 0 radical (unpaired) electrons. The molecule has 1 saturated heterocycles. The first-order valence-corrected chi connectivity index (χ1v) is 10.6. The maximum Gasteiger partial charge on any atom is 0.246 e. The summed E-state index contributed by atoms with van der Waals surface area (Å²) in [6.45, 7) is 9.18. The van der Waals surface area contributed by atoms with Crippen LogP contribution in [0.5, 0.6) is 0 Å². The average Bonchev–Trinajstić information content (AvgIpc) is 2.73.